The maximum Gasteiger partial charge on any atom is 0.343 e. The second kappa shape index (κ2) is 9.39. The first-order valence-corrected chi connectivity index (χ1v) is 11.7. The van der Waals surface area contributed by atoms with Crippen LogP contribution in [0.1, 0.15) is 10.4 Å². The van der Waals surface area contributed by atoms with Crippen molar-refractivity contribution in [3.63, 3.8) is 0 Å². The Balaban J connectivity index is 1.47. The van der Waals surface area contributed by atoms with Crippen LogP contribution in [0.4, 0.5) is 5.82 Å². The highest BCUT2D eigenvalue weighted by Crippen LogP contribution is 2.31. The van der Waals surface area contributed by atoms with Crippen LogP contribution in [0, 0.1) is 0 Å². The molecule has 178 valence electrons. The maximum absolute atomic E-state index is 12.7. The third kappa shape index (κ3) is 4.30. The molecule has 0 aliphatic rings. The van der Waals surface area contributed by atoms with Gasteiger partial charge in [0.15, 0.2) is 11.5 Å². The van der Waals surface area contributed by atoms with Crippen molar-refractivity contribution in [2.75, 3.05) is 5.73 Å². The lowest BCUT2D eigenvalue weighted by Crippen LogP contribution is -2.09. The number of carbonyl (C=O) groups is 1. The molecule has 0 amide bonds. The number of nitrogen functional groups attached to an aromatic ring is 1. The highest BCUT2D eigenvalue weighted by Gasteiger charge is 2.19. The molecule has 0 spiro atoms. The molecule has 6 rings (SSSR count). The van der Waals surface area contributed by atoms with E-state index in [1.165, 1.54) is 0 Å². The van der Waals surface area contributed by atoms with E-state index in [0.717, 1.165) is 16.9 Å². The van der Waals surface area contributed by atoms with Gasteiger partial charge in [-0.2, -0.15) is 0 Å². The zero-order valence-electron chi connectivity index (χ0n) is 19.7. The van der Waals surface area contributed by atoms with E-state index in [0.29, 0.717) is 39.7 Å². The number of esters is 1. The van der Waals surface area contributed by atoms with Gasteiger partial charge in [0.05, 0.1) is 16.8 Å². The molecule has 0 bridgehead atoms. The summed E-state index contributed by atoms with van der Waals surface area (Å²) < 4.78 is 7.41. The van der Waals surface area contributed by atoms with Crippen LogP contribution in [-0.4, -0.2) is 25.5 Å². The van der Waals surface area contributed by atoms with Gasteiger partial charge >= 0.3 is 5.97 Å². The van der Waals surface area contributed by atoms with Gasteiger partial charge in [0.1, 0.15) is 17.1 Å². The van der Waals surface area contributed by atoms with Crippen molar-refractivity contribution in [2.24, 2.45) is 0 Å². The zero-order valence-corrected chi connectivity index (χ0v) is 19.7. The fraction of sp³-hybridized carbons (Fsp3) is 0. The molecule has 0 fully saturated rings. The minimum absolute atomic E-state index is 0.366. The molecule has 3 aromatic carbocycles. The van der Waals surface area contributed by atoms with Crippen LogP contribution in [0.3, 0.4) is 0 Å². The summed E-state index contributed by atoms with van der Waals surface area (Å²) in [4.78, 5) is 26.7. The van der Waals surface area contributed by atoms with Crippen LogP contribution >= 0.6 is 0 Å². The van der Waals surface area contributed by atoms with Crippen molar-refractivity contribution in [1.29, 1.82) is 0 Å². The Kier molecular flexibility index (Phi) is 5.63. The Morgan fingerprint density at radius 1 is 0.757 bits per heavy atom. The van der Waals surface area contributed by atoms with E-state index in [2.05, 4.69) is 4.98 Å². The van der Waals surface area contributed by atoms with E-state index in [9.17, 15) is 4.79 Å². The van der Waals surface area contributed by atoms with Crippen molar-refractivity contribution in [3.8, 4) is 34.1 Å². The largest absolute Gasteiger partial charge is 0.423 e. The molecule has 0 saturated carbocycles. The number of anilines is 1. The van der Waals surface area contributed by atoms with E-state index in [4.69, 9.17) is 20.4 Å². The van der Waals surface area contributed by atoms with Crippen molar-refractivity contribution < 1.29 is 9.53 Å². The number of fused-ring (bicyclic) bond motifs is 1. The van der Waals surface area contributed by atoms with Crippen LogP contribution in [-0.2, 0) is 0 Å². The zero-order chi connectivity index (χ0) is 25.2. The third-order valence-corrected chi connectivity index (χ3v) is 5.97. The summed E-state index contributed by atoms with van der Waals surface area (Å²) in [6.07, 6.45) is 1.64. The molecule has 0 aliphatic carbocycles. The number of nitrogens with zero attached hydrogens (tertiary/aromatic N) is 4. The van der Waals surface area contributed by atoms with Gasteiger partial charge in [-0.3, -0.25) is 4.57 Å². The number of pyridine rings is 2. The lowest BCUT2D eigenvalue weighted by atomic mass is 10.1. The molecular weight excluding hydrogens is 462 g/mol. The second-order valence-corrected chi connectivity index (χ2v) is 8.36. The number of aromatic nitrogens is 4. The first-order valence-electron chi connectivity index (χ1n) is 11.7. The van der Waals surface area contributed by atoms with Gasteiger partial charge in [0.25, 0.3) is 0 Å². The number of imidazole rings is 1. The van der Waals surface area contributed by atoms with Crippen molar-refractivity contribution in [2.45, 2.75) is 0 Å². The topological polar surface area (TPSA) is 95.9 Å². The van der Waals surface area contributed by atoms with Crippen LogP contribution in [0.5, 0.6) is 5.75 Å². The van der Waals surface area contributed by atoms with E-state index in [1.54, 1.807) is 30.5 Å². The predicted molar refractivity (Wildman–Crippen MR) is 143 cm³/mol. The highest BCUT2D eigenvalue weighted by atomic mass is 16.5. The van der Waals surface area contributed by atoms with Crippen LogP contribution in [0.25, 0.3) is 39.5 Å². The third-order valence-electron chi connectivity index (χ3n) is 5.97. The lowest BCUT2D eigenvalue weighted by Gasteiger charge is -2.11. The van der Waals surface area contributed by atoms with Crippen molar-refractivity contribution in [1.82, 2.24) is 19.5 Å². The fourth-order valence-corrected chi connectivity index (χ4v) is 4.16. The van der Waals surface area contributed by atoms with Gasteiger partial charge in [0.2, 0.25) is 0 Å². The number of hydrogen-bond acceptors (Lipinski definition) is 6. The average molecular weight is 484 g/mol. The summed E-state index contributed by atoms with van der Waals surface area (Å²) in [5.41, 5.74) is 11.3. The number of hydrogen-bond donors (Lipinski definition) is 1. The summed E-state index contributed by atoms with van der Waals surface area (Å²) in [5, 5.41) is 0. The normalized spacial score (nSPS) is 10.9. The lowest BCUT2D eigenvalue weighted by molar-refractivity contribution is 0.0735. The maximum atomic E-state index is 12.7. The first kappa shape index (κ1) is 22.2. The number of rotatable bonds is 5. The first-order chi connectivity index (χ1) is 18.2. The standard InChI is InChI=1S/C30H21N5O2/c31-27-24(12-7-19-32-27)28-34-26-18-17-25(20-8-3-1-4-9-20)33-29(26)35(28)22-15-13-21(14-16-22)30(36)37-23-10-5-2-6-11-23/h1-19H,(H2,31,32). The summed E-state index contributed by atoms with van der Waals surface area (Å²) in [7, 11) is 0. The van der Waals surface area contributed by atoms with Gasteiger partial charge in [-0.05, 0) is 60.7 Å². The Hall–Kier alpha value is -5.30. The molecular formula is C30H21N5O2. The minimum Gasteiger partial charge on any atom is -0.423 e. The van der Waals surface area contributed by atoms with Gasteiger partial charge in [-0.25, -0.2) is 19.7 Å². The van der Waals surface area contributed by atoms with Gasteiger partial charge in [-0.1, -0.05) is 48.5 Å². The van der Waals surface area contributed by atoms with Crippen molar-refractivity contribution >= 4 is 23.0 Å². The molecule has 0 saturated heterocycles. The molecule has 37 heavy (non-hydrogen) atoms. The number of para-hydroxylation sites is 1. The molecule has 2 N–H and O–H groups in total. The Labute approximate surface area is 212 Å². The summed E-state index contributed by atoms with van der Waals surface area (Å²) in [6, 6.07) is 33.7. The van der Waals surface area contributed by atoms with Crippen LogP contribution in [0.2, 0.25) is 0 Å². The fourth-order valence-electron chi connectivity index (χ4n) is 4.16. The summed E-state index contributed by atoms with van der Waals surface area (Å²) >= 11 is 0. The molecule has 6 aromatic rings. The molecule has 0 radical (unpaired) electrons. The quantitative estimate of drug-likeness (QED) is 0.240. The minimum atomic E-state index is -0.436. The van der Waals surface area contributed by atoms with Gasteiger partial charge in [-0.15, -0.1) is 0 Å². The molecule has 0 unspecified atom stereocenters. The summed E-state index contributed by atoms with van der Waals surface area (Å²) in [5.74, 6) is 1.03. The molecule has 3 aromatic heterocycles. The highest BCUT2D eigenvalue weighted by molar-refractivity contribution is 5.91. The SMILES string of the molecule is Nc1ncccc1-c1nc2ccc(-c3ccccc3)nc2n1-c1ccc(C(=O)Oc2ccccc2)cc1. The van der Waals surface area contributed by atoms with Crippen LogP contribution in [0.15, 0.2) is 115 Å². The van der Waals surface area contributed by atoms with E-state index in [1.807, 2.05) is 89.5 Å². The molecule has 0 aliphatic heterocycles. The molecule has 7 nitrogen and oxygen atoms in total. The smallest absolute Gasteiger partial charge is 0.343 e. The summed E-state index contributed by atoms with van der Waals surface area (Å²) in [6.45, 7) is 0. The number of nitrogens with two attached hydrogens (primary N) is 1. The average Bonchev–Trinajstić information content (AvgIpc) is 3.33. The molecule has 0 atom stereocenters. The monoisotopic (exact) mass is 483 g/mol. The van der Waals surface area contributed by atoms with Gasteiger partial charge < -0.3 is 10.5 Å². The van der Waals surface area contributed by atoms with Crippen molar-refractivity contribution in [3.05, 3.63) is 121 Å². The van der Waals surface area contributed by atoms with E-state index in [-0.39, 0.29) is 0 Å². The molecule has 7 heteroatoms. The van der Waals surface area contributed by atoms with Gasteiger partial charge in [0, 0.05) is 17.4 Å². The Morgan fingerprint density at radius 3 is 2.22 bits per heavy atom. The molecule has 3 heterocycles. The number of benzene rings is 3. The Bertz CT molecular complexity index is 1710. The van der Waals surface area contributed by atoms with Crippen LogP contribution < -0.4 is 10.5 Å². The van der Waals surface area contributed by atoms with E-state index >= 15 is 0 Å². The number of carbonyl (C=O) groups excluding carboxylic acids is 1. The Morgan fingerprint density at radius 2 is 1.49 bits per heavy atom. The predicted octanol–water partition coefficient (Wildman–Crippen LogP) is 5.95. The second-order valence-electron chi connectivity index (χ2n) is 8.36. The van der Waals surface area contributed by atoms with E-state index < -0.39 is 5.97 Å². The number of ether oxygens (including phenoxy) is 1.